The second kappa shape index (κ2) is 4.97. The molecule has 1 aromatic carbocycles. The van der Waals surface area contributed by atoms with Gasteiger partial charge in [0.05, 0.1) is 17.3 Å². The first kappa shape index (κ1) is 12.1. The highest BCUT2D eigenvalue weighted by Crippen LogP contribution is 2.18. The maximum atomic E-state index is 8.76. The van der Waals surface area contributed by atoms with Crippen LogP contribution in [-0.4, -0.2) is 20.0 Å². The molecule has 98 valence electrons. The molecule has 6 heteroatoms. The molecule has 0 aliphatic carbocycles. The maximum absolute atomic E-state index is 8.76. The highest BCUT2D eigenvalue weighted by atomic mass is 16.4. The van der Waals surface area contributed by atoms with Gasteiger partial charge >= 0.3 is 0 Å². The Labute approximate surface area is 115 Å². The van der Waals surface area contributed by atoms with Crippen molar-refractivity contribution in [2.24, 2.45) is 0 Å². The van der Waals surface area contributed by atoms with Crippen LogP contribution in [0.4, 0.5) is 0 Å². The minimum atomic E-state index is 0.438. The van der Waals surface area contributed by atoms with E-state index in [1.807, 2.05) is 19.2 Å². The van der Waals surface area contributed by atoms with Crippen LogP contribution in [0.1, 0.15) is 17.1 Å². The lowest BCUT2D eigenvalue weighted by molar-refractivity contribution is 0.473. The van der Waals surface area contributed by atoms with E-state index >= 15 is 0 Å². The van der Waals surface area contributed by atoms with Gasteiger partial charge in [0.2, 0.25) is 11.8 Å². The van der Waals surface area contributed by atoms with E-state index in [-0.39, 0.29) is 0 Å². The van der Waals surface area contributed by atoms with Crippen molar-refractivity contribution in [2.75, 3.05) is 0 Å². The smallest absolute Gasteiger partial charge is 0.247 e. The molecule has 0 saturated carbocycles. The molecule has 0 aliphatic heterocycles. The molecule has 20 heavy (non-hydrogen) atoms. The van der Waals surface area contributed by atoms with Gasteiger partial charge in [-0.1, -0.05) is 0 Å². The lowest BCUT2D eigenvalue weighted by atomic mass is 10.1. The Bertz CT molecular complexity index is 763. The molecule has 0 unspecified atom stereocenters. The average Bonchev–Trinajstić information content (AvgIpc) is 3.09. The van der Waals surface area contributed by atoms with Crippen molar-refractivity contribution in [3.05, 3.63) is 53.7 Å². The topological polar surface area (TPSA) is 80.5 Å². The minimum Gasteiger partial charge on any atom is -0.419 e. The van der Waals surface area contributed by atoms with E-state index in [1.54, 1.807) is 28.9 Å². The van der Waals surface area contributed by atoms with Crippen LogP contribution in [0.25, 0.3) is 11.5 Å². The number of aryl methyl sites for hydroxylation is 1. The number of hydrogen-bond acceptors (Lipinski definition) is 5. The van der Waals surface area contributed by atoms with Crippen molar-refractivity contribution in [2.45, 2.75) is 13.5 Å². The Kier molecular flexibility index (Phi) is 3.01. The lowest BCUT2D eigenvalue weighted by Gasteiger charge is -1.96. The first-order chi connectivity index (χ1) is 9.74. The van der Waals surface area contributed by atoms with Gasteiger partial charge in [-0.3, -0.25) is 4.68 Å². The van der Waals surface area contributed by atoms with Crippen molar-refractivity contribution in [1.82, 2.24) is 20.0 Å². The third-order valence-electron chi connectivity index (χ3n) is 2.80. The van der Waals surface area contributed by atoms with E-state index in [0.29, 0.717) is 23.9 Å². The predicted molar refractivity (Wildman–Crippen MR) is 70.5 cm³/mol. The summed E-state index contributed by atoms with van der Waals surface area (Å²) in [5, 5.41) is 21.0. The van der Waals surface area contributed by atoms with Crippen molar-refractivity contribution in [3.63, 3.8) is 0 Å². The number of hydrogen-bond donors (Lipinski definition) is 0. The molecule has 0 amide bonds. The Morgan fingerprint density at radius 2 is 2.00 bits per heavy atom. The molecule has 0 radical (unpaired) electrons. The SMILES string of the molecule is Cc1ccn(Cc2nnc(-c3ccc(C#N)cc3)o2)n1. The van der Waals surface area contributed by atoms with Crippen molar-refractivity contribution >= 4 is 0 Å². The molecular weight excluding hydrogens is 254 g/mol. The molecule has 0 bridgehead atoms. The van der Waals surface area contributed by atoms with Crippen LogP contribution in [0.15, 0.2) is 40.9 Å². The molecule has 2 heterocycles. The van der Waals surface area contributed by atoms with Crippen LogP contribution in [0.2, 0.25) is 0 Å². The fourth-order valence-electron chi connectivity index (χ4n) is 1.81. The van der Waals surface area contributed by atoms with Crippen LogP contribution in [-0.2, 0) is 6.54 Å². The van der Waals surface area contributed by atoms with Gasteiger partial charge in [-0.05, 0) is 37.3 Å². The monoisotopic (exact) mass is 265 g/mol. The van der Waals surface area contributed by atoms with E-state index in [0.717, 1.165) is 11.3 Å². The maximum Gasteiger partial charge on any atom is 0.247 e. The number of nitrogens with zero attached hydrogens (tertiary/aromatic N) is 5. The van der Waals surface area contributed by atoms with Gasteiger partial charge in [-0.15, -0.1) is 10.2 Å². The number of rotatable bonds is 3. The largest absolute Gasteiger partial charge is 0.419 e. The molecule has 3 aromatic rings. The van der Waals surface area contributed by atoms with Gasteiger partial charge in [0.15, 0.2) is 0 Å². The molecule has 6 nitrogen and oxygen atoms in total. The van der Waals surface area contributed by atoms with Gasteiger partial charge in [-0.2, -0.15) is 10.4 Å². The Morgan fingerprint density at radius 1 is 1.20 bits per heavy atom. The molecule has 0 saturated heterocycles. The summed E-state index contributed by atoms with van der Waals surface area (Å²) >= 11 is 0. The van der Waals surface area contributed by atoms with Crippen LogP contribution in [0.3, 0.4) is 0 Å². The number of nitriles is 1. The van der Waals surface area contributed by atoms with Crippen LogP contribution < -0.4 is 0 Å². The predicted octanol–water partition coefficient (Wildman–Crippen LogP) is 2.16. The fraction of sp³-hybridized carbons (Fsp3) is 0.143. The zero-order chi connectivity index (χ0) is 13.9. The third kappa shape index (κ3) is 2.42. The van der Waals surface area contributed by atoms with Gasteiger partial charge in [0.1, 0.15) is 6.54 Å². The van der Waals surface area contributed by atoms with Crippen molar-refractivity contribution < 1.29 is 4.42 Å². The third-order valence-corrected chi connectivity index (χ3v) is 2.80. The summed E-state index contributed by atoms with van der Waals surface area (Å²) in [7, 11) is 0. The van der Waals surface area contributed by atoms with Crippen molar-refractivity contribution in [3.8, 4) is 17.5 Å². The Balaban J connectivity index is 1.80. The highest BCUT2D eigenvalue weighted by Gasteiger charge is 2.09. The zero-order valence-corrected chi connectivity index (χ0v) is 10.8. The van der Waals surface area contributed by atoms with E-state index in [2.05, 4.69) is 21.4 Å². The average molecular weight is 265 g/mol. The molecule has 2 aromatic heterocycles. The van der Waals surface area contributed by atoms with Gasteiger partial charge < -0.3 is 4.42 Å². The summed E-state index contributed by atoms with van der Waals surface area (Å²) in [6.45, 7) is 2.36. The standard InChI is InChI=1S/C14H11N5O/c1-10-6-7-19(18-10)9-13-16-17-14(20-13)12-4-2-11(8-15)3-5-12/h2-7H,9H2,1H3. The molecule has 0 spiro atoms. The molecule has 0 atom stereocenters. The Hall–Kier alpha value is -2.94. The van der Waals surface area contributed by atoms with E-state index in [1.165, 1.54) is 0 Å². The summed E-state index contributed by atoms with van der Waals surface area (Å²) in [6, 6.07) is 11.0. The lowest BCUT2D eigenvalue weighted by Crippen LogP contribution is -2.00. The summed E-state index contributed by atoms with van der Waals surface area (Å²) in [5.41, 5.74) is 2.33. The molecule has 0 aliphatic rings. The van der Waals surface area contributed by atoms with Crippen LogP contribution >= 0.6 is 0 Å². The molecule has 0 fully saturated rings. The van der Waals surface area contributed by atoms with Crippen LogP contribution in [0.5, 0.6) is 0 Å². The van der Waals surface area contributed by atoms with E-state index < -0.39 is 0 Å². The second-order valence-electron chi connectivity index (χ2n) is 4.34. The number of aromatic nitrogens is 4. The van der Waals surface area contributed by atoms with Gasteiger partial charge in [0, 0.05) is 11.8 Å². The molecular formula is C14H11N5O. The molecule has 0 N–H and O–H groups in total. The normalized spacial score (nSPS) is 10.4. The summed E-state index contributed by atoms with van der Waals surface area (Å²) < 4.78 is 7.33. The summed E-state index contributed by atoms with van der Waals surface area (Å²) in [5.74, 6) is 0.931. The number of benzene rings is 1. The van der Waals surface area contributed by atoms with Crippen LogP contribution in [0, 0.1) is 18.3 Å². The van der Waals surface area contributed by atoms with E-state index in [9.17, 15) is 0 Å². The van der Waals surface area contributed by atoms with Gasteiger partial charge in [-0.25, -0.2) is 0 Å². The van der Waals surface area contributed by atoms with Gasteiger partial charge in [0.25, 0.3) is 0 Å². The fourth-order valence-corrected chi connectivity index (χ4v) is 1.81. The first-order valence-electron chi connectivity index (χ1n) is 6.07. The quantitative estimate of drug-likeness (QED) is 0.724. The second-order valence-corrected chi connectivity index (χ2v) is 4.34. The Morgan fingerprint density at radius 3 is 2.65 bits per heavy atom. The summed E-state index contributed by atoms with van der Waals surface area (Å²) in [4.78, 5) is 0. The minimum absolute atomic E-state index is 0.438. The van der Waals surface area contributed by atoms with E-state index in [4.69, 9.17) is 9.68 Å². The first-order valence-corrected chi connectivity index (χ1v) is 6.07. The van der Waals surface area contributed by atoms with Crippen molar-refractivity contribution in [1.29, 1.82) is 5.26 Å². The highest BCUT2D eigenvalue weighted by molar-refractivity contribution is 5.54. The zero-order valence-electron chi connectivity index (χ0n) is 10.8. The summed E-state index contributed by atoms with van der Waals surface area (Å²) in [6.07, 6.45) is 1.86. The molecule has 3 rings (SSSR count).